The molecule has 1 amide bonds. The first-order valence-corrected chi connectivity index (χ1v) is 9.42. The van der Waals surface area contributed by atoms with Gasteiger partial charge in [-0.1, -0.05) is 18.2 Å². The number of hydrogen-bond donors (Lipinski definition) is 4. The predicted octanol–water partition coefficient (Wildman–Crippen LogP) is 3.67. The first kappa shape index (κ1) is 22.8. The number of anilines is 3. The molecule has 0 bridgehead atoms. The Morgan fingerprint density at radius 3 is 2.59 bits per heavy atom. The van der Waals surface area contributed by atoms with E-state index in [1.165, 1.54) is 30.3 Å². The minimum Gasteiger partial charge on any atom is -0.406 e. The molecule has 8 nitrogen and oxygen atoms in total. The summed E-state index contributed by atoms with van der Waals surface area (Å²) in [6.07, 6.45) is -4.84. The molecular formula is C21H20F3N5O3. The van der Waals surface area contributed by atoms with Crippen molar-refractivity contribution in [3.8, 4) is 17.0 Å². The number of hydrogen-bond acceptors (Lipinski definition) is 7. The maximum absolute atomic E-state index is 12.6. The van der Waals surface area contributed by atoms with Gasteiger partial charge in [0.2, 0.25) is 5.95 Å². The van der Waals surface area contributed by atoms with Gasteiger partial charge < -0.3 is 26.2 Å². The van der Waals surface area contributed by atoms with Crippen LogP contribution < -0.4 is 21.1 Å². The number of benzene rings is 2. The highest BCUT2D eigenvalue weighted by Gasteiger charge is 2.31. The average Bonchev–Trinajstić information content (AvgIpc) is 2.72. The number of halogens is 3. The Hall–Kier alpha value is -3.86. The van der Waals surface area contributed by atoms with Crippen LogP contribution in [-0.2, 0) is 0 Å². The molecule has 0 saturated carbocycles. The Balaban J connectivity index is 1.96. The first-order chi connectivity index (χ1) is 15.1. The summed E-state index contributed by atoms with van der Waals surface area (Å²) in [5, 5.41) is 14.8. The largest absolute Gasteiger partial charge is 0.573 e. The second-order valence-corrected chi connectivity index (χ2v) is 6.85. The molecule has 0 saturated heterocycles. The number of aromatic nitrogens is 2. The minimum atomic E-state index is -4.84. The van der Waals surface area contributed by atoms with Gasteiger partial charge in [0.15, 0.2) is 0 Å². The zero-order chi connectivity index (χ0) is 23.3. The van der Waals surface area contributed by atoms with E-state index in [1.807, 2.05) is 0 Å². The Labute approximate surface area is 181 Å². The van der Waals surface area contributed by atoms with Crippen molar-refractivity contribution in [1.29, 1.82) is 0 Å². The number of carbonyl (C=O) groups excluding carboxylic acids is 1. The van der Waals surface area contributed by atoms with Gasteiger partial charge in [-0.15, -0.1) is 13.2 Å². The standard InChI is InChI=1S/C21H20F3N5O3/c1-12(11-30)26-20-27-17(13-4-3-7-16(9-13)32-21(22,23)24)10-18(29-20)28-19(31)14-5-2-6-15(25)8-14/h2-10,12,30H,11,25H2,1H3,(H2,26,27,28,29,31)/t12-/m1/s1. The van der Waals surface area contributed by atoms with Crippen LogP contribution >= 0.6 is 0 Å². The lowest BCUT2D eigenvalue weighted by molar-refractivity contribution is -0.274. The second-order valence-electron chi connectivity index (χ2n) is 6.85. The van der Waals surface area contributed by atoms with E-state index in [4.69, 9.17) is 5.73 Å². The lowest BCUT2D eigenvalue weighted by atomic mass is 10.1. The molecular weight excluding hydrogens is 427 g/mol. The van der Waals surface area contributed by atoms with Crippen LogP contribution in [0.5, 0.6) is 5.75 Å². The molecule has 0 aliphatic heterocycles. The lowest BCUT2D eigenvalue weighted by Crippen LogP contribution is -2.22. The number of alkyl halides is 3. The number of carbonyl (C=O) groups is 1. The molecule has 0 aliphatic rings. The molecule has 3 rings (SSSR count). The highest BCUT2D eigenvalue weighted by atomic mass is 19.4. The summed E-state index contributed by atoms with van der Waals surface area (Å²) >= 11 is 0. The van der Waals surface area contributed by atoms with Crippen LogP contribution in [0, 0.1) is 0 Å². The van der Waals surface area contributed by atoms with E-state index in [0.717, 1.165) is 6.07 Å². The number of nitrogen functional groups attached to an aromatic ring is 1. The molecule has 3 aromatic rings. The third-order valence-electron chi connectivity index (χ3n) is 4.13. The molecule has 2 aromatic carbocycles. The van der Waals surface area contributed by atoms with Gasteiger partial charge >= 0.3 is 6.36 Å². The molecule has 1 aromatic heterocycles. The van der Waals surface area contributed by atoms with Gasteiger partial charge in [-0.25, -0.2) is 4.98 Å². The summed E-state index contributed by atoms with van der Waals surface area (Å²) in [4.78, 5) is 21.1. The van der Waals surface area contributed by atoms with Gasteiger partial charge in [0.05, 0.1) is 12.3 Å². The molecule has 11 heteroatoms. The van der Waals surface area contributed by atoms with E-state index >= 15 is 0 Å². The van der Waals surface area contributed by atoms with Crippen molar-refractivity contribution < 1.29 is 27.8 Å². The Bertz CT molecular complexity index is 1110. The topological polar surface area (TPSA) is 122 Å². The van der Waals surface area contributed by atoms with E-state index in [0.29, 0.717) is 16.8 Å². The number of aliphatic hydroxyl groups excluding tert-OH is 1. The molecule has 0 radical (unpaired) electrons. The maximum Gasteiger partial charge on any atom is 0.573 e. The predicted molar refractivity (Wildman–Crippen MR) is 113 cm³/mol. The van der Waals surface area contributed by atoms with Crippen molar-refractivity contribution >= 4 is 23.4 Å². The van der Waals surface area contributed by atoms with Gasteiger partial charge in [-0.05, 0) is 37.3 Å². The molecule has 0 spiro atoms. The number of aliphatic hydroxyl groups is 1. The Morgan fingerprint density at radius 2 is 1.91 bits per heavy atom. The van der Waals surface area contributed by atoms with Crippen molar-refractivity contribution in [3.05, 3.63) is 60.2 Å². The van der Waals surface area contributed by atoms with Crippen LogP contribution in [0.15, 0.2) is 54.6 Å². The van der Waals surface area contributed by atoms with Gasteiger partial charge in [0.25, 0.3) is 5.91 Å². The van der Waals surface area contributed by atoms with Crippen LogP contribution in [0.25, 0.3) is 11.3 Å². The summed E-state index contributed by atoms with van der Waals surface area (Å²) in [7, 11) is 0. The third-order valence-corrected chi connectivity index (χ3v) is 4.13. The monoisotopic (exact) mass is 447 g/mol. The number of nitrogens with zero attached hydrogens (tertiary/aromatic N) is 2. The number of amides is 1. The van der Waals surface area contributed by atoms with Crippen molar-refractivity contribution in [1.82, 2.24) is 9.97 Å². The van der Waals surface area contributed by atoms with Gasteiger partial charge in [-0.2, -0.15) is 4.98 Å². The molecule has 0 unspecified atom stereocenters. The summed E-state index contributed by atoms with van der Waals surface area (Å²) in [5.74, 6) is -0.749. The Morgan fingerprint density at radius 1 is 1.16 bits per heavy atom. The zero-order valence-electron chi connectivity index (χ0n) is 16.8. The van der Waals surface area contributed by atoms with E-state index in [-0.39, 0.29) is 24.1 Å². The maximum atomic E-state index is 12.6. The lowest BCUT2D eigenvalue weighted by Gasteiger charge is -2.15. The van der Waals surface area contributed by atoms with Crippen molar-refractivity contribution in [2.45, 2.75) is 19.3 Å². The Kier molecular flexibility index (Phi) is 6.79. The minimum absolute atomic E-state index is 0.0640. The van der Waals surface area contributed by atoms with E-state index < -0.39 is 24.1 Å². The van der Waals surface area contributed by atoms with Crippen LogP contribution in [0.4, 0.5) is 30.6 Å². The van der Waals surface area contributed by atoms with Crippen LogP contribution in [0.1, 0.15) is 17.3 Å². The molecule has 1 heterocycles. The summed E-state index contributed by atoms with van der Waals surface area (Å²) in [6.45, 7) is 1.46. The van der Waals surface area contributed by atoms with Crippen LogP contribution in [0.2, 0.25) is 0 Å². The highest BCUT2D eigenvalue weighted by molar-refractivity contribution is 6.04. The molecule has 0 aliphatic carbocycles. The van der Waals surface area contributed by atoms with E-state index in [1.54, 1.807) is 25.1 Å². The molecule has 5 N–H and O–H groups in total. The van der Waals surface area contributed by atoms with Crippen LogP contribution in [0.3, 0.4) is 0 Å². The smallest absolute Gasteiger partial charge is 0.406 e. The van der Waals surface area contributed by atoms with Gasteiger partial charge in [0, 0.05) is 28.9 Å². The third kappa shape index (κ3) is 6.32. The van der Waals surface area contributed by atoms with Gasteiger partial charge in [0.1, 0.15) is 11.6 Å². The fourth-order valence-corrected chi connectivity index (χ4v) is 2.71. The average molecular weight is 447 g/mol. The normalized spacial score (nSPS) is 12.2. The fourth-order valence-electron chi connectivity index (χ4n) is 2.71. The summed E-state index contributed by atoms with van der Waals surface area (Å²) in [6, 6.07) is 12.5. The van der Waals surface area contributed by atoms with Crippen molar-refractivity contribution in [2.75, 3.05) is 23.0 Å². The molecule has 1 atom stereocenters. The van der Waals surface area contributed by atoms with Gasteiger partial charge in [-0.3, -0.25) is 4.79 Å². The number of rotatable bonds is 7. The summed E-state index contributed by atoms with van der Waals surface area (Å²) < 4.78 is 41.7. The molecule has 32 heavy (non-hydrogen) atoms. The molecule has 168 valence electrons. The zero-order valence-corrected chi connectivity index (χ0v) is 16.8. The van der Waals surface area contributed by atoms with Crippen molar-refractivity contribution in [2.24, 2.45) is 0 Å². The van der Waals surface area contributed by atoms with Crippen molar-refractivity contribution in [3.63, 3.8) is 0 Å². The number of ether oxygens (including phenoxy) is 1. The SMILES string of the molecule is C[C@H](CO)Nc1nc(NC(=O)c2cccc(N)c2)cc(-c2cccc(OC(F)(F)F)c2)n1. The first-order valence-electron chi connectivity index (χ1n) is 9.42. The quantitative estimate of drug-likeness (QED) is 0.408. The summed E-state index contributed by atoms with van der Waals surface area (Å²) in [5.41, 5.74) is 6.93. The van der Waals surface area contributed by atoms with E-state index in [9.17, 15) is 23.1 Å². The second kappa shape index (κ2) is 9.52. The van der Waals surface area contributed by atoms with Crippen LogP contribution in [-0.4, -0.2) is 40.0 Å². The fraction of sp³-hybridized carbons (Fsp3) is 0.190. The number of nitrogens with one attached hydrogen (secondary N) is 2. The molecule has 0 fully saturated rings. The highest BCUT2D eigenvalue weighted by Crippen LogP contribution is 2.29. The number of nitrogens with two attached hydrogens (primary N) is 1. The van der Waals surface area contributed by atoms with E-state index in [2.05, 4.69) is 25.3 Å².